The second kappa shape index (κ2) is 8.76. The minimum atomic E-state index is -0.526. The van der Waals surface area contributed by atoms with E-state index in [0.29, 0.717) is 18.9 Å². The molecule has 2 amide bonds. The number of anilines is 1. The zero-order chi connectivity index (χ0) is 22.1. The normalized spacial score (nSPS) is 19.5. The lowest BCUT2D eigenvalue weighted by Crippen LogP contribution is -2.60. The SMILES string of the molecule is CC1CN(C(=O)C=Cc2cc(Br)cs2)[C@@H](C)C(=O)N1Cc1ccc2c(N)ncnc2c1. The fourth-order valence-electron chi connectivity index (χ4n) is 3.73. The first kappa shape index (κ1) is 21.5. The monoisotopic (exact) mass is 499 g/mol. The summed E-state index contributed by atoms with van der Waals surface area (Å²) >= 11 is 4.96. The van der Waals surface area contributed by atoms with E-state index in [1.54, 1.807) is 29.2 Å². The summed E-state index contributed by atoms with van der Waals surface area (Å²) in [6.45, 7) is 4.67. The van der Waals surface area contributed by atoms with Gasteiger partial charge in [0, 0.05) is 45.3 Å². The number of hydrogen-bond acceptors (Lipinski definition) is 6. The Hall–Kier alpha value is -2.78. The molecule has 1 aliphatic rings. The van der Waals surface area contributed by atoms with E-state index in [-0.39, 0.29) is 17.9 Å². The Kier molecular flexibility index (Phi) is 6.06. The third kappa shape index (κ3) is 4.47. The number of piperazine rings is 1. The molecule has 160 valence electrons. The molecule has 0 aliphatic carbocycles. The van der Waals surface area contributed by atoms with Crippen molar-refractivity contribution >= 4 is 61.9 Å². The molecule has 0 saturated carbocycles. The molecule has 1 saturated heterocycles. The van der Waals surface area contributed by atoms with Gasteiger partial charge in [-0.3, -0.25) is 9.59 Å². The van der Waals surface area contributed by atoms with Gasteiger partial charge in [-0.05, 0) is 59.6 Å². The molecule has 1 fully saturated rings. The number of thiophene rings is 1. The Morgan fingerprint density at radius 1 is 1.32 bits per heavy atom. The molecule has 9 heteroatoms. The van der Waals surface area contributed by atoms with Crippen LogP contribution in [-0.4, -0.2) is 50.2 Å². The van der Waals surface area contributed by atoms with E-state index in [9.17, 15) is 9.59 Å². The van der Waals surface area contributed by atoms with Crippen molar-refractivity contribution in [1.29, 1.82) is 0 Å². The highest BCUT2D eigenvalue weighted by Crippen LogP contribution is 2.24. The van der Waals surface area contributed by atoms with Crippen LogP contribution >= 0.6 is 27.3 Å². The highest BCUT2D eigenvalue weighted by molar-refractivity contribution is 9.10. The Bertz CT molecular complexity index is 1180. The maximum absolute atomic E-state index is 13.1. The number of benzene rings is 1. The highest BCUT2D eigenvalue weighted by atomic mass is 79.9. The third-order valence-electron chi connectivity index (χ3n) is 5.45. The predicted octanol–water partition coefficient (Wildman–Crippen LogP) is 3.70. The van der Waals surface area contributed by atoms with E-state index in [4.69, 9.17) is 5.73 Å². The number of nitrogens with zero attached hydrogens (tertiary/aromatic N) is 4. The van der Waals surface area contributed by atoms with Crippen LogP contribution in [0.3, 0.4) is 0 Å². The highest BCUT2D eigenvalue weighted by Gasteiger charge is 2.37. The van der Waals surface area contributed by atoms with Crippen molar-refractivity contribution in [3.63, 3.8) is 0 Å². The Morgan fingerprint density at radius 2 is 2.13 bits per heavy atom. The first-order valence-corrected chi connectivity index (χ1v) is 11.5. The van der Waals surface area contributed by atoms with Gasteiger partial charge in [0.05, 0.1) is 5.52 Å². The quantitative estimate of drug-likeness (QED) is 0.552. The first-order valence-electron chi connectivity index (χ1n) is 9.86. The van der Waals surface area contributed by atoms with Gasteiger partial charge in [0.2, 0.25) is 11.8 Å². The standard InChI is InChI=1S/C22H22BrN5O2S/c1-13-9-28(20(29)6-4-17-8-16(23)11-31-17)14(2)22(30)27(13)10-15-3-5-18-19(7-15)25-12-26-21(18)24/h3-8,11-14H,9-10H2,1-2H3,(H2,24,25,26)/t13?,14-/m0/s1. The molecule has 31 heavy (non-hydrogen) atoms. The maximum atomic E-state index is 13.1. The molecule has 1 unspecified atom stereocenters. The number of amides is 2. The number of carbonyl (C=O) groups excluding carboxylic acids is 2. The van der Waals surface area contributed by atoms with E-state index >= 15 is 0 Å². The molecule has 7 nitrogen and oxygen atoms in total. The van der Waals surface area contributed by atoms with Gasteiger partial charge in [-0.15, -0.1) is 11.3 Å². The van der Waals surface area contributed by atoms with Crippen molar-refractivity contribution in [3.8, 4) is 0 Å². The van der Waals surface area contributed by atoms with E-state index in [2.05, 4.69) is 25.9 Å². The topological polar surface area (TPSA) is 92.4 Å². The van der Waals surface area contributed by atoms with Crippen LogP contribution in [0.4, 0.5) is 5.82 Å². The third-order valence-corrected chi connectivity index (χ3v) is 7.11. The smallest absolute Gasteiger partial charge is 0.247 e. The van der Waals surface area contributed by atoms with Crippen LogP contribution in [0.15, 0.2) is 46.5 Å². The van der Waals surface area contributed by atoms with Gasteiger partial charge in [0.25, 0.3) is 0 Å². The first-order chi connectivity index (χ1) is 14.8. The molecule has 2 atom stereocenters. The van der Waals surface area contributed by atoms with Crippen molar-refractivity contribution in [2.45, 2.75) is 32.5 Å². The van der Waals surface area contributed by atoms with Crippen LogP contribution in [0.1, 0.15) is 24.3 Å². The van der Waals surface area contributed by atoms with Crippen LogP contribution in [0, 0.1) is 0 Å². The number of hydrogen-bond donors (Lipinski definition) is 1. The molecule has 1 aromatic carbocycles. The Morgan fingerprint density at radius 3 is 2.87 bits per heavy atom. The fourth-order valence-corrected chi connectivity index (χ4v) is 5.07. The number of rotatable bonds is 4. The van der Waals surface area contributed by atoms with Gasteiger partial charge in [-0.2, -0.15) is 0 Å². The van der Waals surface area contributed by atoms with E-state index in [1.807, 2.05) is 41.5 Å². The van der Waals surface area contributed by atoms with Gasteiger partial charge < -0.3 is 15.5 Å². The number of halogens is 1. The summed E-state index contributed by atoms with van der Waals surface area (Å²) in [5.74, 6) is 0.209. The number of fused-ring (bicyclic) bond motifs is 1. The molecule has 3 aromatic rings. The van der Waals surface area contributed by atoms with Crippen molar-refractivity contribution < 1.29 is 9.59 Å². The van der Waals surface area contributed by atoms with Crippen molar-refractivity contribution in [2.24, 2.45) is 0 Å². The van der Waals surface area contributed by atoms with Crippen molar-refractivity contribution in [1.82, 2.24) is 19.8 Å². The average molecular weight is 500 g/mol. The Balaban J connectivity index is 1.48. The second-order valence-electron chi connectivity index (χ2n) is 7.59. The van der Waals surface area contributed by atoms with Crippen LogP contribution in [0.25, 0.3) is 17.0 Å². The molecule has 1 aliphatic heterocycles. The van der Waals surface area contributed by atoms with Crippen molar-refractivity contribution in [3.05, 3.63) is 57.0 Å². The summed E-state index contributed by atoms with van der Waals surface area (Å²) < 4.78 is 0.984. The molecule has 2 aromatic heterocycles. The van der Waals surface area contributed by atoms with Gasteiger partial charge in [-0.25, -0.2) is 9.97 Å². The molecule has 4 rings (SSSR count). The molecule has 0 bridgehead atoms. The molecule has 0 spiro atoms. The van der Waals surface area contributed by atoms with E-state index < -0.39 is 6.04 Å². The largest absolute Gasteiger partial charge is 0.383 e. The number of nitrogen functional groups attached to an aromatic ring is 1. The molecule has 3 heterocycles. The zero-order valence-corrected chi connectivity index (χ0v) is 19.6. The lowest BCUT2D eigenvalue weighted by Gasteiger charge is -2.43. The lowest BCUT2D eigenvalue weighted by atomic mass is 10.0. The fraction of sp³-hybridized carbons (Fsp3) is 0.273. The molecular formula is C22H22BrN5O2S. The zero-order valence-electron chi connectivity index (χ0n) is 17.2. The summed E-state index contributed by atoms with van der Waals surface area (Å²) in [5, 5.41) is 2.75. The second-order valence-corrected chi connectivity index (χ2v) is 9.45. The molecular weight excluding hydrogens is 478 g/mol. The van der Waals surface area contributed by atoms with Gasteiger partial charge in [0.15, 0.2) is 0 Å². The predicted molar refractivity (Wildman–Crippen MR) is 126 cm³/mol. The minimum absolute atomic E-state index is 0.0679. The van der Waals surface area contributed by atoms with Crippen LogP contribution in [0.2, 0.25) is 0 Å². The lowest BCUT2D eigenvalue weighted by molar-refractivity contribution is -0.152. The average Bonchev–Trinajstić information content (AvgIpc) is 3.17. The number of nitrogens with two attached hydrogens (primary N) is 1. The summed E-state index contributed by atoms with van der Waals surface area (Å²) in [6, 6.07) is 7.06. The summed E-state index contributed by atoms with van der Waals surface area (Å²) in [6.07, 6.45) is 4.76. The maximum Gasteiger partial charge on any atom is 0.247 e. The summed E-state index contributed by atoms with van der Waals surface area (Å²) in [4.78, 5) is 38.6. The van der Waals surface area contributed by atoms with Gasteiger partial charge in [-0.1, -0.05) is 6.07 Å². The molecule has 2 N–H and O–H groups in total. The Labute approximate surface area is 192 Å². The van der Waals surface area contributed by atoms with E-state index in [1.165, 1.54) is 12.4 Å². The summed E-state index contributed by atoms with van der Waals surface area (Å²) in [7, 11) is 0. The summed E-state index contributed by atoms with van der Waals surface area (Å²) in [5.41, 5.74) is 7.61. The number of aromatic nitrogens is 2. The van der Waals surface area contributed by atoms with Gasteiger partial charge >= 0.3 is 0 Å². The minimum Gasteiger partial charge on any atom is -0.383 e. The van der Waals surface area contributed by atoms with Gasteiger partial charge in [0.1, 0.15) is 18.2 Å². The number of carbonyl (C=O) groups is 2. The van der Waals surface area contributed by atoms with Crippen LogP contribution in [-0.2, 0) is 16.1 Å². The molecule has 0 radical (unpaired) electrons. The van der Waals surface area contributed by atoms with E-state index in [0.717, 1.165) is 25.8 Å². The van der Waals surface area contributed by atoms with Crippen molar-refractivity contribution in [2.75, 3.05) is 12.3 Å². The van der Waals surface area contributed by atoms with Crippen LogP contribution < -0.4 is 5.73 Å². The van der Waals surface area contributed by atoms with Crippen LogP contribution in [0.5, 0.6) is 0 Å².